The van der Waals surface area contributed by atoms with Crippen molar-refractivity contribution < 1.29 is 9.11 Å². The highest BCUT2D eigenvalue weighted by molar-refractivity contribution is 7.92. The van der Waals surface area contributed by atoms with Gasteiger partial charge in [-0.1, -0.05) is 8.80 Å². The third kappa shape index (κ3) is 6.52. The topological polar surface area (TPSA) is 70.8 Å². The first kappa shape index (κ1) is 16.0. The van der Waals surface area contributed by atoms with Gasteiger partial charge in [-0.15, -0.1) is 0 Å². The average molecular weight is 264 g/mol. The van der Waals surface area contributed by atoms with Crippen LogP contribution in [0, 0.1) is 0 Å². The molecule has 6 heteroatoms. The van der Waals surface area contributed by atoms with Gasteiger partial charge in [0.05, 0.1) is 0 Å². The summed E-state index contributed by atoms with van der Waals surface area (Å²) in [6.07, 6.45) is 2.68. The van der Waals surface area contributed by atoms with E-state index >= 15 is 0 Å². The summed E-state index contributed by atoms with van der Waals surface area (Å²) in [6.45, 7) is 11.0. The van der Waals surface area contributed by atoms with E-state index in [1.54, 1.807) is 0 Å². The molecule has 0 fully saturated rings. The zero-order valence-corrected chi connectivity index (χ0v) is 12.3. The van der Waals surface area contributed by atoms with Crippen LogP contribution in [0.5, 0.6) is 0 Å². The predicted molar refractivity (Wildman–Crippen MR) is 72.8 cm³/mol. The number of nitrogens with zero attached hydrogens (tertiary/aromatic N) is 2. The molecule has 0 spiro atoms. The van der Waals surface area contributed by atoms with Crippen LogP contribution in [0.4, 0.5) is 0 Å². The molecule has 0 bridgehead atoms. The Hall–Kier alpha value is -0.0400. The maximum absolute atomic E-state index is 11.5. The maximum Gasteiger partial charge on any atom is 0.144 e. The van der Waals surface area contributed by atoms with E-state index in [1.165, 1.54) is 12.4 Å². The van der Waals surface area contributed by atoms with Crippen molar-refractivity contribution in [3.05, 3.63) is 0 Å². The second-order valence-corrected chi connectivity index (χ2v) is 9.10. The lowest BCUT2D eigenvalue weighted by atomic mass is 10.3. The van der Waals surface area contributed by atoms with Crippen molar-refractivity contribution in [1.29, 1.82) is 0 Å². The molecule has 0 radical (unpaired) electrons. The lowest BCUT2D eigenvalue weighted by molar-refractivity contribution is 0.561. The second kappa shape index (κ2) is 6.05. The lowest BCUT2D eigenvalue weighted by Gasteiger charge is -2.18. The highest BCUT2D eigenvalue weighted by atomic mass is 32.2. The van der Waals surface area contributed by atoms with Gasteiger partial charge >= 0.3 is 0 Å². The molecular formula is C10H20N2O2S2. The van der Waals surface area contributed by atoms with Crippen LogP contribution in [0.3, 0.4) is 0 Å². The molecule has 0 saturated heterocycles. The standard InChI is InChI=1S/C10H20N2O2S2/c1-9(2,3)15(13)11-7-8-12-16(14)10(4,5)6/h7-8H,1-6H3/b11-7+,12-8+. The Balaban J connectivity index is 4.26. The summed E-state index contributed by atoms with van der Waals surface area (Å²) in [7, 11) is 0. The van der Waals surface area contributed by atoms with Gasteiger partial charge in [0.15, 0.2) is 0 Å². The van der Waals surface area contributed by atoms with E-state index in [-0.39, 0.29) is 9.49 Å². The van der Waals surface area contributed by atoms with Gasteiger partial charge in [-0.25, -0.2) is 0 Å². The van der Waals surface area contributed by atoms with Crippen molar-refractivity contribution in [2.75, 3.05) is 0 Å². The molecule has 0 aliphatic carbocycles. The Morgan fingerprint density at radius 2 is 1.00 bits per heavy atom. The molecule has 0 aromatic carbocycles. The summed E-state index contributed by atoms with van der Waals surface area (Å²) >= 11 is -2.59. The molecule has 0 aromatic heterocycles. The van der Waals surface area contributed by atoms with Crippen LogP contribution in [-0.2, 0) is 22.7 Å². The van der Waals surface area contributed by atoms with Gasteiger partial charge in [-0.05, 0) is 41.5 Å². The van der Waals surface area contributed by atoms with Crippen LogP contribution in [0.2, 0.25) is 0 Å². The van der Waals surface area contributed by atoms with E-state index in [0.29, 0.717) is 0 Å². The Morgan fingerprint density at radius 1 is 0.750 bits per heavy atom. The number of hydrogen-bond donors (Lipinski definition) is 0. The molecule has 0 aromatic rings. The summed E-state index contributed by atoms with van der Waals surface area (Å²) in [5.74, 6) is 0. The van der Waals surface area contributed by atoms with E-state index in [4.69, 9.17) is 0 Å². The average Bonchev–Trinajstić information content (AvgIpc) is 2.08. The summed E-state index contributed by atoms with van der Waals surface area (Å²) < 4.78 is 29.8. The predicted octanol–water partition coefficient (Wildman–Crippen LogP) is 2.05. The fourth-order valence-electron chi connectivity index (χ4n) is 0.481. The largest absolute Gasteiger partial charge is 0.591 e. The Kier molecular flexibility index (Phi) is 6.03. The Labute approximate surface area is 104 Å². The van der Waals surface area contributed by atoms with E-state index in [2.05, 4.69) is 8.80 Å². The highest BCUT2D eigenvalue weighted by Gasteiger charge is 2.26. The second-order valence-electron chi connectivity index (χ2n) is 5.23. The van der Waals surface area contributed by atoms with Crippen molar-refractivity contribution in [3.63, 3.8) is 0 Å². The van der Waals surface area contributed by atoms with Crippen molar-refractivity contribution in [3.8, 4) is 0 Å². The van der Waals surface area contributed by atoms with Crippen LogP contribution in [0.25, 0.3) is 0 Å². The fourth-order valence-corrected chi connectivity index (χ4v) is 1.44. The van der Waals surface area contributed by atoms with Gasteiger partial charge < -0.3 is 9.11 Å². The van der Waals surface area contributed by atoms with Crippen LogP contribution >= 0.6 is 0 Å². The molecule has 16 heavy (non-hydrogen) atoms. The zero-order chi connectivity index (χ0) is 13.0. The minimum Gasteiger partial charge on any atom is -0.591 e. The van der Waals surface area contributed by atoms with Crippen molar-refractivity contribution in [2.24, 2.45) is 8.80 Å². The smallest absolute Gasteiger partial charge is 0.144 e. The molecule has 0 heterocycles. The molecule has 4 nitrogen and oxygen atoms in total. The normalized spacial score (nSPS) is 18.2. The first-order valence-electron chi connectivity index (χ1n) is 4.96. The third-order valence-electron chi connectivity index (χ3n) is 1.43. The Morgan fingerprint density at radius 3 is 1.19 bits per heavy atom. The summed E-state index contributed by atoms with van der Waals surface area (Å²) in [4.78, 5) is 0. The fraction of sp³-hybridized carbons (Fsp3) is 0.800. The quantitative estimate of drug-likeness (QED) is 0.578. The lowest BCUT2D eigenvalue weighted by Crippen LogP contribution is -2.26. The van der Waals surface area contributed by atoms with Crippen molar-refractivity contribution in [1.82, 2.24) is 0 Å². The Bertz CT molecular complexity index is 239. The zero-order valence-electron chi connectivity index (χ0n) is 10.7. The molecule has 2 atom stereocenters. The molecule has 0 saturated carbocycles. The maximum atomic E-state index is 11.5. The van der Waals surface area contributed by atoms with E-state index in [9.17, 15) is 9.11 Å². The molecule has 0 aliphatic rings. The van der Waals surface area contributed by atoms with E-state index < -0.39 is 22.7 Å². The van der Waals surface area contributed by atoms with Crippen LogP contribution in [0.15, 0.2) is 8.80 Å². The minimum absolute atomic E-state index is 0.381. The van der Waals surface area contributed by atoms with Gasteiger partial charge in [0.1, 0.15) is 44.6 Å². The molecule has 0 rings (SSSR count). The van der Waals surface area contributed by atoms with Gasteiger partial charge in [0.2, 0.25) is 0 Å². The van der Waals surface area contributed by atoms with Crippen LogP contribution in [0.1, 0.15) is 41.5 Å². The first-order chi connectivity index (χ1) is 7.05. The summed E-state index contributed by atoms with van der Waals surface area (Å²) in [6, 6.07) is 0. The molecule has 0 N–H and O–H groups in total. The van der Waals surface area contributed by atoms with Crippen molar-refractivity contribution >= 4 is 35.2 Å². The van der Waals surface area contributed by atoms with Crippen LogP contribution < -0.4 is 0 Å². The monoisotopic (exact) mass is 264 g/mol. The molecular weight excluding hydrogens is 244 g/mol. The summed E-state index contributed by atoms with van der Waals surface area (Å²) in [5.41, 5.74) is 0. The molecule has 94 valence electrons. The van der Waals surface area contributed by atoms with Gasteiger partial charge in [-0.2, -0.15) is 0 Å². The van der Waals surface area contributed by atoms with Gasteiger partial charge in [0.25, 0.3) is 0 Å². The first-order valence-corrected chi connectivity index (χ1v) is 7.17. The molecule has 2 unspecified atom stereocenters. The minimum atomic E-state index is -1.29. The summed E-state index contributed by atoms with van der Waals surface area (Å²) in [5, 5.41) is 0. The van der Waals surface area contributed by atoms with Gasteiger partial charge in [0, 0.05) is 0 Å². The van der Waals surface area contributed by atoms with E-state index in [1.807, 2.05) is 41.5 Å². The molecule has 0 amide bonds. The van der Waals surface area contributed by atoms with Crippen LogP contribution in [-0.4, -0.2) is 31.0 Å². The molecule has 0 aliphatic heterocycles. The SMILES string of the molecule is CC(C)(C)[S+]([O-])/N=C/C=N/[S+]([O-])C(C)(C)C. The number of rotatable bonds is 3. The third-order valence-corrected chi connectivity index (χ3v) is 4.15. The number of hydrogen-bond acceptors (Lipinski definition) is 4. The van der Waals surface area contributed by atoms with Crippen molar-refractivity contribution in [2.45, 2.75) is 51.0 Å². The van der Waals surface area contributed by atoms with Gasteiger partial charge in [-0.3, -0.25) is 0 Å². The van der Waals surface area contributed by atoms with E-state index in [0.717, 1.165) is 0 Å². The highest BCUT2D eigenvalue weighted by Crippen LogP contribution is 2.17.